The summed E-state index contributed by atoms with van der Waals surface area (Å²) in [6.07, 6.45) is 0.406. The van der Waals surface area contributed by atoms with Gasteiger partial charge >= 0.3 is 6.03 Å². The molecule has 1 aliphatic heterocycles. The Hall–Kier alpha value is -2.86. The Labute approximate surface area is 168 Å². The van der Waals surface area contributed by atoms with E-state index in [4.69, 9.17) is 16.3 Å². The predicted octanol–water partition coefficient (Wildman–Crippen LogP) is 3.78. The van der Waals surface area contributed by atoms with E-state index in [0.29, 0.717) is 28.3 Å². The minimum Gasteiger partial charge on any atom is -0.491 e. The number of benzene rings is 2. The maximum atomic E-state index is 13.1. The zero-order chi connectivity index (χ0) is 20.3. The number of carbonyl (C=O) groups is 3. The molecule has 0 bridgehead atoms. The monoisotopic (exact) mass is 400 g/mol. The van der Waals surface area contributed by atoms with Crippen LogP contribution in [0.5, 0.6) is 5.75 Å². The molecule has 0 aromatic heterocycles. The molecule has 1 N–H and O–H groups in total. The van der Waals surface area contributed by atoms with Crippen molar-refractivity contribution >= 4 is 29.3 Å². The van der Waals surface area contributed by atoms with Crippen LogP contribution in [0.15, 0.2) is 48.5 Å². The molecule has 0 unspecified atom stereocenters. The van der Waals surface area contributed by atoms with Gasteiger partial charge in [-0.1, -0.05) is 42.8 Å². The van der Waals surface area contributed by atoms with Crippen LogP contribution in [0.1, 0.15) is 36.2 Å². The van der Waals surface area contributed by atoms with Gasteiger partial charge < -0.3 is 10.1 Å². The zero-order valence-corrected chi connectivity index (χ0v) is 16.5. The number of imide groups is 1. The minimum atomic E-state index is -1.11. The fourth-order valence-corrected chi connectivity index (χ4v) is 3.46. The molecule has 3 rings (SSSR count). The number of Topliss-reactive ketones (excluding diaryl/α,β-unsaturated/α-hetero) is 1. The molecule has 0 aliphatic carbocycles. The molecule has 0 spiro atoms. The van der Waals surface area contributed by atoms with Crippen molar-refractivity contribution < 1.29 is 19.1 Å². The van der Waals surface area contributed by atoms with E-state index in [-0.39, 0.29) is 24.8 Å². The van der Waals surface area contributed by atoms with Crippen molar-refractivity contribution in [1.82, 2.24) is 10.2 Å². The van der Waals surface area contributed by atoms with Crippen molar-refractivity contribution in [1.29, 1.82) is 0 Å². The van der Waals surface area contributed by atoms with Crippen molar-refractivity contribution in [3.05, 3.63) is 64.7 Å². The molecule has 6 nitrogen and oxygen atoms in total. The summed E-state index contributed by atoms with van der Waals surface area (Å²) in [6.45, 7) is 3.47. The van der Waals surface area contributed by atoms with Crippen molar-refractivity contribution in [2.24, 2.45) is 0 Å². The lowest BCUT2D eigenvalue weighted by atomic mass is 9.87. The maximum Gasteiger partial charge on any atom is 0.325 e. The summed E-state index contributed by atoms with van der Waals surface area (Å²) in [4.78, 5) is 38.4. The third-order valence-electron chi connectivity index (χ3n) is 4.88. The topological polar surface area (TPSA) is 75.7 Å². The number of halogens is 1. The van der Waals surface area contributed by atoms with E-state index in [9.17, 15) is 14.4 Å². The van der Waals surface area contributed by atoms with E-state index >= 15 is 0 Å². The second-order valence-electron chi connectivity index (χ2n) is 6.55. The number of ketones is 1. The third kappa shape index (κ3) is 3.60. The number of urea groups is 1. The van der Waals surface area contributed by atoms with Gasteiger partial charge in [0.2, 0.25) is 0 Å². The molecular formula is C21H21ClN2O4. The summed E-state index contributed by atoms with van der Waals surface area (Å²) in [6, 6.07) is 13.3. The molecule has 1 atom stereocenters. The van der Waals surface area contributed by atoms with Gasteiger partial charge in [-0.15, -0.1) is 0 Å². The quantitative estimate of drug-likeness (QED) is 0.567. The lowest BCUT2D eigenvalue weighted by Crippen LogP contribution is -2.43. The fraction of sp³-hybridized carbons (Fsp3) is 0.286. The molecule has 28 heavy (non-hydrogen) atoms. The molecule has 2 aromatic carbocycles. The molecular weight excluding hydrogens is 380 g/mol. The van der Waals surface area contributed by atoms with Gasteiger partial charge in [0.25, 0.3) is 5.91 Å². The molecule has 0 saturated carbocycles. The van der Waals surface area contributed by atoms with Gasteiger partial charge in [-0.3, -0.25) is 14.5 Å². The highest BCUT2D eigenvalue weighted by molar-refractivity contribution is 6.30. The van der Waals surface area contributed by atoms with E-state index in [2.05, 4.69) is 5.32 Å². The van der Waals surface area contributed by atoms with Gasteiger partial charge in [0, 0.05) is 5.02 Å². The summed E-state index contributed by atoms with van der Waals surface area (Å²) < 4.78 is 5.67. The van der Waals surface area contributed by atoms with Gasteiger partial charge in [0.05, 0.1) is 12.1 Å². The lowest BCUT2D eigenvalue weighted by molar-refractivity contribution is -0.132. The SMILES string of the molecule is CC[C@@]1(c2ccc(Cl)cc2)NC(=O)N(CCOc2ccccc2C(C)=O)C1=O. The van der Waals surface area contributed by atoms with Crippen molar-refractivity contribution in [3.63, 3.8) is 0 Å². The van der Waals surface area contributed by atoms with E-state index < -0.39 is 11.6 Å². The number of hydrogen-bond donors (Lipinski definition) is 1. The number of carbonyl (C=O) groups excluding carboxylic acids is 3. The average Bonchev–Trinajstić information content (AvgIpc) is 2.93. The zero-order valence-electron chi connectivity index (χ0n) is 15.7. The summed E-state index contributed by atoms with van der Waals surface area (Å²) in [7, 11) is 0. The standard InChI is InChI=1S/C21H21ClN2O4/c1-3-21(15-8-10-16(22)11-9-15)19(26)24(20(27)23-21)12-13-28-18-7-5-4-6-17(18)14(2)25/h4-11H,3,12-13H2,1-2H3,(H,23,27)/t21-/m0/s1. The Bertz CT molecular complexity index is 913. The van der Waals surface area contributed by atoms with Crippen LogP contribution >= 0.6 is 11.6 Å². The Morgan fingerprint density at radius 2 is 1.82 bits per heavy atom. The number of amides is 3. The smallest absolute Gasteiger partial charge is 0.325 e. The van der Waals surface area contributed by atoms with E-state index in [1.807, 2.05) is 6.92 Å². The van der Waals surface area contributed by atoms with Crippen molar-refractivity contribution in [2.75, 3.05) is 13.2 Å². The summed E-state index contributed by atoms with van der Waals surface area (Å²) >= 11 is 5.94. The molecule has 3 amide bonds. The van der Waals surface area contributed by atoms with Crippen LogP contribution in [0.3, 0.4) is 0 Å². The second-order valence-corrected chi connectivity index (χ2v) is 6.99. The first kappa shape index (κ1) is 19.9. The van der Waals surface area contributed by atoms with E-state index in [1.165, 1.54) is 6.92 Å². The molecule has 1 heterocycles. The Morgan fingerprint density at radius 1 is 1.14 bits per heavy atom. The number of para-hydroxylation sites is 1. The first-order valence-corrected chi connectivity index (χ1v) is 9.39. The van der Waals surface area contributed by atoms with Crippen molar-refractivity contribution in [2.45, 2.75) is 25.8 Å². The highest BCUT2D eigenvalue weighted by atomic mass is 35.5. The van der Waals surface area contributed by atoms with Crippen LogP contribution in [-0.4, -0.2) is 35.8 Å². The number of rotatable bonds is 7. The highest BCUT2D eigenvalue weighted by Gasteiger charge is 2.51. The summed E-state index contributed by atoms with van der Waals surface area (Å²) in [5.74, 6) is -0.00869. The molecule has 0 radical (unpaired) electrons. The number of nitrogens with zero attached hydrogens (tertiary/aromatic N) is 1. The largest absolute Gasteiger partial charge is 0.491 e. The summed E-state index contributed by atoms with van der Waals surface area (Å²) in [5.41, 5.74) is 0.0331. The minimum absolute atomic E-state index is 0.0756. The first-order chi connectivity index (χ1) is 13.4. The Morgan fingerprint density at radius 3 is 2.46 bits per heavy atom. The van der Waals surface area contributed by atoms with Gasteiger partial charge in [0.15, 0.2) is 5.78 Å². The van der Waals surface area contributed by atoms with Crippen LogP contribution in [0.4, 0.5) is 4.79 Å². The molecule has 146 valence electrons. The average molecular weight is 401 g/mol. The third-order valence-corrected chi connectivity index (χ3v) is 5.13. The predicted molar refractivity (Wildman–Crippen MR) is 106 cm³/mol. The van der Waals surface area contributed by atoms with Gasteiger partial charge in [-0.2, -0.15) is 0 Å². The lowest BCUT2D eigenvalue weighted by Gasteiger charge is -2.26. The maximum absolute atomic E-state index is 13.1. The molecule has 2 aromatic rings. The van der Waals surface area contributed by atoms with E-state index in [0.717, 1.165) is 4.90 Å². The second kappa shape index (κ2) is 8.02. The van der Waals surface area contributed by atoms with Crippen LogP contribution in [-0.2, 0) is 10.3 Å². The van der Waals surface area contributed by atoms with Crippen molar-refractivity contribution in [3.8, 4) is 5.75 Å². The Kier molecular flexibility index (Phi) is 5.70. The van der Waals surface area contributed by atoms with Gasteiger partial charge in [-0.25, -0.2) is 4.79 Å². The molecule has 7 heteroatoms. The van der Waals surface area contributed by atoms with Gasteiger partial charge in [0.1, 0.15) is 17.9 Å². The van der Waals surface area contributed by atoms with Crippen LogP contribution < -0.4 is 10.1 Å². The molecule has 1 saturated heterocycles. The van der Waals surface area contributed by atoms with Crippen LogP contribution in [0.25, 0.3) is 0 Å². The Balaban J connectivity index is 1.74. The fourth-order valence-electron chi connectivity index (χ4n) is 3.33. The number of nitrogens with one attached hydrogen (secondary N) is 1. The van der Waals surface area contributed by atoms with E-state index in [1.54, 1.807) is 48.5 Å². The van der Waals surface area contributed by atoms with Gasteiger partial charge in [-0.05, 0) is 43.2 Å². The number of hydrogen-bond acceptors (Lipinski definition) is 4. The normalized spacial score (nSPS) is 18.9. The van der Waals surface area contributed by atoms with Crippen LogP contribution in [0.2, 0.25) is 5.02 Å². The summed E-state index contributed by atoms with van der Waals surface area (Å²) in [5, 5.41) is 3.37. The first-order valence-electron chi connectivity index (χ1n) is 9.02. The highest BCUT2D eigenvalue weighted by Crippen LogP contribution is 2.33. The molecule has 1 fully saturated rings. The molecule has 1 aliphatic rings. The number of ether oxygens (including phenoxy) is 1. The van der Waals surface area contributed by atoms with Crippen LogP contribution in [0, 0.1) is 0 Å².